The van der Waals surface area contributed by atoms with E-state index >= 15 is 0 Å². The highest BCUT2D eigenvalue weighted by atomic mass is 16.5. The molecular formula is C74H111N11O23. The Hall–Kier alpha value is -10.0. The summed E-state index contributed by atoms with van der Waals surface area (Å²) in [4.78, 5) is 231. The van der Waals surface area contributed by atoms with Crippen molar-refractivity contribution in [3.63, 3.8) is 0 Å². The van der Waals surface area contributed by atoms with Crippen molar-refractivity contribution in [3.8, 4) is 0 Å². The first-order valence-corrected chi connectivity index (χ1v) is 36.8. The number of guanidine groups is 1. The molecule has 34 heteroatoms. The molecule has 1 aliphatic heterocycles. The fraction of sp³-hybridized carbons (Fsp3) is 0.649. The van der Waals surface area contributed by atoms with E-state index in [-0.39, 0.29) is 133 Å². The van der Waals surface area contributed by atoms with Gasteiger partial charge in [0.15, 0.2) is 23.3 Å². The number of aliphatic imine (C=N–C) groups is 1. The second kappa shape index (κ2) is 47.6. The molecule has 1 fully saturated rings. The van der Waals surface area contributed by atoms with Gasteiger partial charge in [0.2, 0.25) is 41.4 Å². The highest BCUT2D eigenvalue weighted by molar-refractivity contribution is 5.98. The second-order valence-electron chi connectivity index (χ2n) is 28.8. The number of para-hydroxylation sites is 1. The number of ketones is 5. The van der Waals surface area contributed by atoms with Crippen LogP contribution in [0.15, 0.2) is 35.5 Å². The van der Waals surface area contributed by atoms with Crippen LogP contribution in [-0.2, 0) is 92.7 Å². The molecule has 108 heavy (non-hydrogen) atoms. The first-order valence-electron chi connectivity index (χ1n) is 36.8. The molecule has 34 nitrogen and oxygen atoms in total. The van der Waals surface area contributed by atoms with Crippen LogP contribution in [0.25, 0.3) is 10.9 Å². The number of carbonyl (C=O) groups excluding carboxylic acids is 12. The summed E-state index contributed by atoms with van der Waals surface area (Å²) in [5.41, 5.74) is 12.9. The number of H-pyrrole nitrogens is 1. The Morgan fingerprint density at radius 1 is 0.565 bits per heavy atom. The van der Waals surface area contributed by atoms with E-state index in [4.69, 9.17) is 16.2 Å². The smallest absolute Gasteiger partial charge is 0.303 e. The van der Waals surface area contributed by atoms with Gasteiger partial charge in [-0.3, -0.25) is 81.7 Å². The predicted octanol–water partition coefficient (Wildman–Crippen LogP) is 3.05. The molecule has 16 N–H and O–H groups in total. The summed E-state index contributed by atoms with van der Waals surface area (Å²) in [5, 5.41) is 64.3. The summed E-state index contributed by atoms with van der Waals surface area (Å²) in [6, 6.07) is 0.547. The van der Waals surface area contributed by atoms with Gasteiger partial charge in [-0.15, -0.1) is 0 Å². The van der Waals surface area contributed by atoms with Gasteiger partial charge >= 0.3 is 29.8 Å². The zero-order valence-corrected chi connectivity index (χ0v) is 62.8. The molecule has 1 aromatic heterocycles. The topological polar surface area (TPSA) is 556 Å². The molecule has 3 rings (SSSR count). The number of carboxylic acids is 5. The number of hydrogen-bond acceptors (Lipinski definition) is 19. The van der Waals surface area contributed by atoms with Gasteiger partial charge in [0, 0.05) is 130 Å². The van der Waals surface area contributed by atoms with E-state index in [2.05, 4.69) is 41.9 Å². The number of likely N-dealkylation sites (tertiary alicyclic amines) is 1. The Morgan fingerprint density at radius 2 is 1.09 bits per heavy atom. The third-order valence-corrected chi connectivity index (χ3v) is 18.6. The molecule has 7 amide bonds. The summed E-state index contributed by atoms with van der Waals surface area (Å²) >= 11 is 0. The molecule has 2 aromatic rings. The minimum Gasteiger partial charge on any atom is -0.481 e. The Labute approximate surface area is 627 Å². The molecule has 1 saturated heterocycles. The van der Waals surface area contributed by atoms with Crippen LogP contribution in [0.1, 0.15) is 195 Å². The number of nitrogens with one attached hydrogen (secondary N) is 7. The number of nitrogens with zero attached hydrogens (tertiary/aromatic N) is 2. The van der Waals surface area contributed by atoms with Gasteiger partial charge in [-0.05, 0) is 127 Å². The van der Waals surface area contributed by atoms with Crippen molar-refractivity contribution < 1.29 is 112 Å². The predicted molar refractivity (Wildman–Crippen MR) is 391 cm³/mol. The van der Waals surface area contributed by atoms with Crippen LogP contribution < -0.4 is 43.4 Å². The van der Waals surface area contributed by atoms with Gasteiger partial charge < -0.3 is 88.3 Å². The average Bonchev–Trinajstić information content (AvgIpc) is 1.67. The number of amides is 7. The van der Waals surface area contributed by atoms with Gasteiger partial charge in [0.05, 0.1) is 24.7 Å². The van der Waals surface area contributed by atoms with E-state index in [1.807, 2.05) is 58.2 Å². The number of fused-ring (bicyclic) bond motifs is 1. The fourth-order valence-corrected chi connectivity index (χ4v) is 12.8. The van der Waals surface area contributed by atoms with E-state index < -0.39 is 219 Å². The quantitative estimate of drug-likeness (QED) is 0.0257. The number of carbonyl (C=O) groups is 17. The molecule has 11 atom stereocenters. The van der Waals surface area contributed by atoms with Crippen molar-refractivity contribution in [2.24, 2.45) is 57.9 Å². The lowest BCUT2D eigenvalue weighted by Gasteiger charge is -2.30. The van der Waals surface area contributed by atoms with Gasteiger partial charge in [-0.25, -0.2) is 0 Å². The number of aromatic nitrogens is 1. The van der Waals surface area contributed by atoms with Crippen molar-refractivity contribution in [1.29, 1.82) is 0 Å². The minimum absolute atomic E-state index is 0.0192. The first-order chi connectivity index (χ1) is 50.8. The summed E-state index contributed by atoms with van der Waals surface area (Å²) < 4.78 is 5.57. The lowest BCUT2D eigenvalue weighted by molar-refractivity contribution is -0.142. The maximum absolute atomic E-state index is 14.5. The monoisotopic (exact) mass is 1520 g/mol. The van der Waals surface area contributed by atoms with Gasteiger partial charge in [0.25, 0.3) is 0 Å². The molecule has 600 valence electrons. The van der Waals surface area contributed by atoms with Crippen LogP contribution >= 0.6 is 0 Å². The molecular weight excluding hydrogens is 1410 g/mol. The number of nitrogens with two attached hydrogens (primary N) is 2. The van der Waals surface area contributed by atoms with Gasteiger partial charge in [-0.2, -0.15) is 0 Å². The molecule has 1 aromatic carbocycles. The summed E-state index contributed by atoms with van der Waals surface area (Å²) in [6.07, 6.45) is -3.45. The van der Waals surface area contributed by atoms with Crippen LogP contribution in [0.5, 0.6) is 0 Å². The summed E-state index contributed by atoms with van der Waals surface area (Å²) in [6.45, 7) is 10.5. The van der Waals surface area contributed by atoms with Crippen LogP contribution in [0.3, 0.4) is 0 Å². The Balaban J connectivity index is 1.71. The highest BCUT2D eigenvalue weighted by Gasteiger charge is 2.40. The zero-order valence-electron chi connectivity index (χ0n) is 62.8. The number of aromatic amines is 1. The van der Waals surface area contributed by atoms with Gasteiger partial charge in [-0.1, -0.05) is 52.8 Å². The Bertz CT molecular complexity index is 3490. The Kier molecular flexibility index (Phi) is 40.6. The minimum atomic E-state index is -1.60. The molecule has 2 heterocycles. The number of rotatable bonds is 56. The standard InChI is InChI=1S/C74H111N11O23/c1-41(2)32-56(59(88)34-43(5)68(102)83-57(33-42(3)4)61(90)38-49(45(7)87)36-50-39-79-53-13-9-8-12-52(50)53)84-72(106)58-15-11-30-85(58)73(107)55(14-10-28-78-74(75)76)81-62(91)40-108-31-29-77-69(103)46(17-23-63(92)93)16-20-51(21-26-66(98)99)80-70(104)48(19-25-65(96)97)37-60(89)54(22-27-67(100)101)82-71(105)47(35-44(6)86)18-24-64(94)95/h8-9,12-13,39,41-43,46-49,51,54-58,79H,10-11,14-38,40H2,1-7H3,(H,77,103)(H,80,104)(H,81,91)(H,82,105)(H,83,102)(H,84,106)(H,92,93)(H,94,95)(H,96,97)(H,98,99)(H,100,101)(H4,75,76,78)/t43-,46-,47+,48+,49-,51+,54-,55+,56+,57+,58+/m1/s1. The van der Waals surface area contributed by atoms with E-state index in [0.717, 1.165) is 23.4 Å². The number of carboxylic acid groups (broad SMARTS) is 5. The van der Waals surface area contributed by atoms with E-state index in [9.17, 15) is 107 Å². The molecule has 0 radical (unpaired) electrons. The van der Waals surface area contributed by atoms with E-state index in [1.165, 1.54) is 11.8 Å². The van der Waals surface area contributed by atoms with E-state index in [0.29, 0.717) is 12.8 Å². The number of hydrogen-bond donors (Lipinski definition) is 14. The first kappa shape index (κ1) is 92.2. The maximum Gasteiger partial charge on any atom is 0.303 e. The highest BCUT2D eigenvalue weighted by Crippen LogP contribution is 2.27. The number of Topliss-reactive ketones (excluding diaryl/α,β-unsaturated/α-hetero) is 5. The summed E-state index contributed by atoms with van der Waals surface area (Å²) in [5.74, 6) is -20.1. The number of benzene rings is 1. The maximum atomic E-state index is 14.5. The Morgan fingerprint density at radius 3 is 1.68 bits per heavy atom. The van der Waals surface area contributed by atoms with Crippen molar-refractivity contribution >= 4 is 117 Å². The lowest BCUT2D eigenvalue weighted by atomic mass is 9.87. The van der Waals surface area contributed by atoms with Crippen molar-refractivity contribution in [1.82, 2.24) is 41.8 Å². The molecule has 0 bridgehead atoms. The third kappa shape index (κ3) is 35.1. The van der Waals surface area contributed by atoms with Crippen LogP contribution in [0.2, 0.25) is 0 Å². The second-order valence-corrected chi connectivity index (χ2v) is 28.8. The zero-order chi connectivity index (χ0) is 80.9. The van der Waals surface area contributed by atoms with Gasteiger partial charge in [0.1, 0.15) is 30.3 Å². The number of ether oxygens (including phenoxy) is 1. The van der Waals surface area contributed by atoms with Crippen LogP contribution in [0.4, 0.5) is 0 Å². The number of aliphatic carboxylic acids is 5. The van der Waals surface area contributed by atoms with E-state index in [1.54, 1.807) is 6.92 Å². The SMILES string of the molecule is CC(=O)C[C@H](CCC(=O)O)C(=O)N[C@H](CCC(=O)O)C(=O)C[C@H](CCC(=O)O)C(=O)N[C@H](CCC(=O)O)CC[C@H](CCC(=O)O)C(=O)NCCOCC(=O)N[C@@H](CCCN=C(N)N)C(=O)N1CCC[C@H]1C(=O)N[C@@H](CC(C)C)C(=O)C[C@@H](C)C(=O)N[C@@H](CC(C)C)C(=O)C[C@@H](Cc1c[nH]c2ccccc12)C(C)=O. The largest absolute Gasteiger partial charge is 0.481 e. The molecule has 0 unspecified atom stereocenters. The fourth-order valence-electron chi connectivity index (χ4n) is 12.8. The molecule has 1 aliphatic rings. The molecule has 0 saturated carbocycles. The van der Waals surface area contributed by atoms with Crippen molar-refractivity contribution in [2.45, 2.75) is 232 Å². The lowest BCUT2D eigenvalue weighted by Crippen LogP contribution is -2.56. The third-order valence-electron chi connectivity index (χ3n) is 18.6. The summed E-state index contributed by atoms with van der Waals surface area (Å²) in [7, 11) is 0. The van der Waals surface area contributed by atoms with Crippen LogP contribution in [0, 0.1) is 41.4 Å². The molecule has 0 spiro atoms. The van der Waals surface area contributed by atoms with Crippen LogP contribution in [-0.4, -0.2) is 211 Å². The van der Waals surface area contributed by atoms with Crippen molar-refractivity contribution in [2.75, 3.05) is 32.8 Å². The van der Waals surface area contributed by atoms with Crippen molar-refractivity contribution in [3.05, 3.63) is 36.0 Å². The molecule has 0 aliphatic carbocycles. The normalized spacial score (nSPS) is 15.5. The average molecular weight is 1520 g/mol.